The van der Waals surface area contributed by atoms with Crippen LogP contribution in [0.2, 0.25) is 0 Å². The summed E-state index contributed by atoms with van der Waals surface area (Å²) in [5.41, 5.74) is -4.17. The van der Waals surface area contributed by atoms with Crippen molar-refractivity contribution in [2.45, 2.75) is 97.5 Å². The maximum atomic E-state index is 12.9. The summed E-state index contributed by atoms with van der Waals surface area (Å²) >= 11 is 0. The summed E-state index contributed by atoms with van der Waals surface area (Å²) < 4.78 is 21.6. The predicted octanol–water partition coefficient (Wildman–Crippen LogP) is 5.71. The van der Waals surface area contributed by atoms with Crippen LogP contribution in [0.1, 0.15) is 75.2 Å². The number of benzene rings is 1. The van der Waals surface area contributed by atoms with Gasteiger partial charge in [-0.2, -0.15) is 4.90 Å². The molecule has 0 heterocycles. The minimum absolute atomic E-state index is 0.0462. The van der Waals surface area contributed by atoms with Crippen molar-refractivity contribution in [1.29, 1.82) is 0 Å². The van der Waals surface area contributed by atoms with Crippen molar-refractivity contribution in [3.8, 4) is 5.75 Å². The Labute approximate surface area is 216 Å². The number of imide groups is 1. The van der Waals surface area contributed by atoms with Crippen LogP contribution >= 0.6 is 0 Å². The molecule has 37 heavy (non-hydrogen) atoms. The van der Waals surface area contributed by atoms with Crippen LogP contribution < -0.4 is 15.0 Å². The average molecular weight is 524 g/mol. The Morgan fingerprint density at radius 1 is 0.919 bits per heavy atom. The quantitative estimate of drug-likeness (QED) is 0.281. The number of carbonyl (C=O) groups is 3. The van der Waals surface area contributed by atoms with E-state index >= 15 is 0 Å². The van der Waals surface area contributed by atoms with Crippen molar-refractivity contribution in [1.82, 2.24) is 5.32 Å². The third-order valence-electron chi connectivity index (χ3n) is 4.67. The first-order valence-electron chi connectivity index (χ1n) is 11.9. The van der Waals surface area contributed by atoms with Gasteiger partial charge in [-0.25, -0.2) is 14.4 Å². The van der Waals surface area contributed by atoms with E-state index in [-0.39, 0.29) is 18.0 Å². The minimum Gasteiger partial charge on any atom is -0.491 e. The molecule has 12 nitrogen and oxygen atoms in total. The number of nitro benzene ring substituents is 1. The van der Waals surface area contributed by atoms with Gasteiger partial charge in [-0.15, -0.1) is 0 Å². The van der Waals surface area contributed by atoms with Crippen molar-refractivity contribution in [3.05, 3.63) is 28.3 Å². The molecule has 0 aromatic heterocycles. The summed E-state index contributed by atoms with van der Waals surface area (Å²) in [4.78, 5) is 49.6. The molecule has 1 aliphatic rings. The van der Waals surface area contributed by atoms with E-state index < -0.39 is 51.2 Å². The van der Waals surface area contributed by atoms with Crippen LogP contribution in [0.15, 0.2) is 18.2 Å². The third kappa shape index (κ3) is 9.43. The highest BCUT2D eigenvalue weighted by Crippen LogP contribution is 2.38. The lowest BCUT2D eigenvalue weighted by Gasteiger charge is -2.28. The molecule has 206 valence electrons. The lowest BCUT2D eigenvalue weighted by atomic mass is 10.2. The van der Waals surface area contributed by atoms with E-state index in [1.54, 1.807) is 62.3 Å². The smallest absolute Gasteiger partial charge is 0.424 e. The van der Waals surface area contributed by atoms with Crippen molar-refractivity contribution in [2.24, 2.45) is 0 Å². The van der Waals surface area contributed by atoms with Gasteiger partial charge >= 0.3 is 18.3 Å². The van der Waals surface area contributed by atoms with Crippen molar-refractivity contribution < 1.29 is 38.3 Å². The Morgan fingerprint density at radius 2 is 1.41 bits per heavy atom. The number of anilines is 1. The number of amides is 3. The second-order valence-corrected chi connectivity index (χ2v) is 11.9. The summed E-state index contributed by atoms with van der Waals surface area (Å²) in [6, 6.07) is 3.69. The van der Waals surface area contributed by atoms with E-state index in [4.69, 9.17) is 18.9 Å². The molecule has 1 aliphatic carbocycles. The predicted molar refractivity (Wildman–Crippen MR) is 135 cm³/mol. The lowest BCUT2D eigenvalue weighted by Crippen LogP contribution is -2.44. The number of alkyl carbamates (subject to hydrolysis) is 1. The second-order valence-electron chi connectivity index (χ2n) is 11.9. The fraction of sp³-hybridized carbons (Fsp3) is 0.640. The zero-order chi connectivity index (χ0) is 28.4. The fourth-order valence-electron chi connectivity index (χ4n) is 3.01. The number of nitro groups is 1. The van der Waals surface area contributed by atoms with Gasteiger partial charge in [-0.1, -0.05) is 0 Å². The van der Waals surface area contributed by atoms with E-state index in [2.05, 4.69) is 5.32 Å². The van der Waals surface area contributed by atoms with E-state index in [0.29, 0.717) is 17.7 Å². The van der Waals surface area contributed by atoms with Gasteiger partial charge in [0, 0.05) is 0 Å². The maximum absolute atomic E-state index is 12.9. The molecule has 0 spiro atoms. The van der Waals surface area contributed by atoms with E-state index in [1.165, 1.54) is 12.1 Å². The Kier molecular flexibility index (Phi) is 8.36. The fourth-order valence-corrected chi connectivity index (χ4v) is 3.01. The number of hydrogen-bond donors (Lipinski definition) is 1. The molecule has 0 aliphatic heterocycles. The average Bonchev–Trinajstić information content (AvgIpc) is 3.42. The van der Waals surface area contributed by atoms with Gasteiger partial charge in [-0.05, 0) is 87.3 Å². The Balaban J connectivity index is 2.30. The Hall–Kier alpha value is -3.57. The molecular weight excluding hydrogens is 486 g/mol. The normalized spacial score (nSPS) is 14.7. The summed E-state index contributed by atoms with van der Waals surface area (Å²) in [5.74, 6) is 0.112. The molecule has 0 unspecified atom stereocenters. The molecule has 1 aromatic rings. The van der Waals surface area contributed by atoms with E-state index in [9.17, 15) is 24.5 Å². The van der Waals surface area contributed by atoms with Crippen LogP contribution in [-0.4, -0.2) is 52.2 Å². The van der Waals surface area contributed by atoms with Crippen LogP contribution in [0.3, 0.4) is 0 Å². The molecule has 2 rings (SSSR count). The number of nitrogens with one attached hydrogen (secondary N) is 1. The zero-order valence-electron chi connectivity index (χ0n) is 22.9. The number of carbonyl (C=O) groups excluding carboxylic acids is 3. The highest BCUT2D eigenvalue weighted by atomic mass is 16.6. The zero-order valence-corrected chi connectivity index (χ0v) is 22.9. The number of hydrogen-bond acceptors (Lipinski definition) is 9. The molecule has 1 fully saturated rings. The van der Waals surface area contributed by atoms with Gasteiger partial charge < -0.3 is 24.3 Å². The first kappa shape index (κ1) is 29.7. The van der Waals surface area contributed by atoms with Crippen molar-refractivity contribution >= 4 is 29.7 Å². The summed E-state index contributed by atoms with van der Waals surface area (Å²) in [6.45, 7) is 14.9. The third-order valence-corrected chi connectivity index (χ3v) is 4.67. The maximum Gasteiger partial charge on any atom is 0.424 e. The number of nitrogens with zero attached hydrogens (tertiary/aromatic N) is 2. The van der Waals surface area contributed by atoms with Gasteiger partial charge in [-0.3, -0.25) is 10.1 Å². The van der Waals surface area contributed by atoms with Crippen molar-refractivity contribution in [3.63, 3.8) is 0 Å². The summed E-state index contributed by atoms with van der Waals surface area (Å²) in [7, 11) is 0. The number of rotatable bonds is 6. The molecule has 12 heteroatoms. The first-order valence-corrected chi connectivity index (χ1v) is 11.9. The largest absolute Gasteiger partial charge is 0.491 e. The molecule has 3 amide bonds. The minimum atomic E-state index is -1.13. The molecular formula is C25H37N3O9. The topological polar surface area (TPSA) is 147 Å². The second kappa shape index (κ2) is 10.4. The highest BCUT2D eigenvalue weighted by Gasteiger charge is 2.46. The Morgan fingerprint density at radius 3 is 1.81 bits per heavy atom. The monoisotopic (exact) mass is 523 g/mol. The first-order chi connectivity index (χ1) is 16.7. The van der Waals surface area contributed by atoms with Gasteiger partial charge in [0.15, 0.2) is 0 Å². The molecule has 0 atom stereocenters. The summed E-state index contributed by atoms with van der Waals surface area (Å²) in [6.07, 6.45) is -1.54. The summed E-state index contributed by atoms with van der Waals surface area (Å²) in [5, 5.41) is 14.7. The molecule has 0 saturated heterocycles. The van der Waals surface area contributed by atoms with Crippen molar-refractivity contribution in [2.75, 3.05) is 11.5 Å². The SMILES string of the molecule is CC(C)(C)OC(=O)NC1(COc2ccc(N(C(=O)OC(C)(C)C)C(=O)OC(C)(C)C)c([N+](=O)[O-])c2)CC1. The highest BCUT2D eigenvalue weighted by molar-refractivity contribution is 6.11. The molecule has 0 bridgehead atoms. The van der Waals surface area contributed by atoms with E-state index in [0.717, 1.165) is 6.07 Å². The van der Waals surface area contributed by atoms with E-state index in [1.807, 2.05) is 0 Å². The van der Waals surface area contributed by atoms with Gasteiger partial charge in [0.25, 0.3) is 5.69 Å². The standard InChI is InChI=1S/C25H37N3O9/c1-22(2,3)35-19(29)26-25(12-13-25)15-34-16-10-11-17(18(14-16)28(32)33)27(20(30)36-23(4,5)6)21(31)37-24(7,8)9/h10-11,14H,12-13,15H2,1-9H3,(H,26,29). The van der Waals surface area contributed by atoms with Gasteiger partial charge in [0.1, 0.15) is 34.8 Å². The molecule has 1 aromatic carbocycles. The van der Waals surface area contributed by atoms with Crippen LogP contribution in [-0.2, 0) is 14.2 Å². The Bertz CT molecular complexity index is 1020. The van der Waals surface area contributed by atoms with Crippen LogP contribution in [0.5, 0.6) is 5.75 Å². The van der Waals surface area contributed by atoms with Crippen LogP contribution in [0.25, 0.3) is 0 Å². The number of ether oxygens (including phenoxy) is 4. The van der Waals surface area contributed by atoms with Gasteiger partial charge in [0.2, 0.25) is 0 Å². The molecule has 1 N–H and O–H groups in total. The van der Waals surface area contributed by atoms with Crippen LogP contribution in [0, 0.1) is 10.1 Å². The van der Waals surface area contributed by atoms with Crippen LogP contribution in [0.4, 0.5) is 25.8 Å². The molecule has 0 radical (unpaired) electrons. The molecule has 1 saturated carbocycles. The van der Waals surface area contributed by atoms with Gasteiger partial charge in [0.05, 0.1) is 16.5 Å². The lowest BCUT2D eigenvalue weighted by molar-refractivity contribution is -0.384.